The van der Waals surface area contributed by atoms with E-state index >= 15 is 0 Å². The van der Waals surface area contributed by atoms with Crippen molar-refractivity contribution in [1.29, 1.82) is 0 Å². The molecular weight excluding hydrogens is 549 g/mol. The number of carbonyl (C=O) groups is 2. The van der Waals surface area contributed by atoms with Crippen LogP contribution < -0.4 is 14.9 Å². The van der Waals surface area contributed by atoms with E-state index in [0.717, 1.165) is 0 Å². The minimum Gasteiger partial charge on any atom is -0.508 e. The van der Waals surface area contributed by atoms with Gasteiger partial charge in [0.25, 0.3) is 0 Å². The molecule has 0 spiro atoms. The standard InChI is InChI=1S/C23H22O9.C2H6O.Y/c1-12(2)29-22(26)31-16-9-18-20(19(10-16)32-23(27)30-13(3)4)21(25)17(11-28-18)14-5-7-15(24)8-6-14;1-2-3;/h5-13,24H,1-4H3;3H,2H2,1H3;. The molecule has 36 heavy (non-hydrogen) atoms. The number of aliphatic hydroxyl groups is 1. The number of carbonyl (C=O) groups excluding carboxylic acids is 2. The number of rotatable bonds is 5. The summed E-state index contributed by atoms with van der Waals surface area (Å²) in [5.41, 5.74) is 0.169. The van der Waals surface area contributed by atoms with Crippen molar-refractivity contribution in [2.24, 2.45) is 0 Å². The van der Waals surface area contributed by atoms with E-state index in [2.05, 4.69) is 0 Å². The molecule has 0 saturated carbocycles. The number of phenols is 1. The van der Waals surface area contributed by atoms with Crippen molar-refractivity contribution < 1.29 is 75.9 Å². The van der Waals surface area contributed by atoms with E-state index in [9.17, 15) is 19.5 Å². The molecule has 0 saturated heterocycles. The Balaban J connectivity index is 0.00000154. The Morgan fingerprint density at radius 1 is 0.944 bits per heavy atom. The molecule has 0 aliphatic carbocycles. The number of phenolic OH excluding ortho intramolecular Hbond substituents is 1. The molecule has 1 radical (unpaired) electrons. The van der Waals surface area contributed by atoms with E-state index in [1.807, 2.05) is 0 Å². The number of hydrogen-bond donors (Lipinski definition) is 2. The minimum atomic E-state index is -1.04. The Bertz CT molecular complexity index is 1220. The van der Waals surface area contributed by atoms with Crippen molar-refractivity contribution in [3.8, 4) is 28.4 Å². The number of fused-ring (bicyclic) bond motifs is 1. The molecule has 0 amide bonds. The van der Waals surface area contributed by atoms with Gasteiger partial charge in [0.2, 0.25) is 5.43 Å². The summed E-state index contributed by atoms with van der Waals surface area (Å²) in [4.78, 5) is 37.2. The number of aromatic hydroxyl groups is 1. The Morgan fingerprint density at radius 2 is 1.47 bits per heavy atom. The van der Waals surface area contributed by atoms with Crippen molar-refractivity contribution in [2.45, 2.75) is 46.8 Å². The van der Waals surface area contributed by atoms with Crippen LogP contribution in [0.25, 0.3) is 22.1 Å². The molecule has 2 N–H and O–H groups in total. The maximum atomic E-state index is 13.2. The quantitative estimate of drug-likeness (QED) is 0.314. The summed E-state index contributed by atoms with van der Waals surface area (Å²) in [5.74, 6) is -0.236. The molecule has 3 rings (SSSR count). The topological polar surface area (TPSA) is 142 Å². The fraction of sp³-hybridized carbons (Fsp3) is 0.320. The fourth-order valence-electron chi connectivity index (χ4n) is 2.79. The van der Waals surface area contributed by atoms with Crippen LogP contribution >= 0.6 is 0 Å². The zero-order valence-corrected chi connectivity index (χ0v) is 23.5. The molecule has 10 nitrogen and oxygen atoms in total. The van der Waals surface area contributed by atoms with Gasteiger partial charge in [-0.1, -0.05) is 12.1 Å². The molecule has 191 valence electrons. The first-order chi connectivity index (χ1) is 16.5. The SMILES string of the molecule is CC(C)OC(=O)Oc1cc(OC(=O)OC(C)C)c2c(=O)c(-c3ccc(O)cc3)coc2c1.CCO.[Y]. The maximum Gasteiger partial charge on any atom is 0.514 e. The van der Waals surface area contributed by atoms with Crippen LogP contribution in [-0.2, 0) is 42.2 Å². The molecule has 0 unspecified atom stereocenters. The van der Waals surface area contributed by atoms with Crippen molar-refractivity contribution in [2.75, 3.05) is 6.61 Å². The van der Waals surface area contributed by atoms with Crippen LogP contribution in [0.5, 0.6) is 17.2 Å². The Labute approximate surface area is 233 Å². The van der Waals surface area contributed by atoms with E-state index in [0.29, 0.717) is 5.56 Å². The summed E-state index contributed by atoms with van der Waals surface area (Å²) >= 11 is 0. The third-order valence-electron chi connectivity index (χ3n) is 4.05. The van der Waals surface area contributed by atoms with Gasteiger partial charge >= 0.3 is 12.3 Å². The molecule has 0 atom stereocenters. The van der Waals surface area contributed by atoms with E-state index in [1.165, 1.54) is 30.5 Å². The monoisotopic (exact) mass is 577 g/mol. The van der Waals surface area contributed by atoms with Crippen molar-refractivity contribution in [1.82, 2.24) is 0 Å². The number of benzene rings is 2. The first kappa shape index (κ1) is 31.1. The normalized spacial score (nSPS) is 10.2. The smallest absolute Gasteiger partial charge is 0.508 e. The van der Waals surface area contributed by atoms with Crippen LogP contribution in [0.4, 0.5) is 9.59 Å². The second-order valence-corrected chi connectivity index (χ2v) is 7.67. The minimum absolute atomic E-state index is 0. The van der Waals surface area contributed by atoms with Crippen LogP contribution in [0, 0.1) is 0 Å². The van der Waals surface area contributed by atoms with Gasteiger partial charge in [0.1, 0.15) is 28.7 Å². The average molecular weight is 577 g/mol. The molecule has 3 aromatic rings. The Morgan fingerprint density at radius 3 is 2.00 bits per heavy atom. The van der Waals surface area contributed by atoms with Gasteiger partial charge in [-0.25, -0.2) is 9.59 Å². The van der Waals surface area contributed by atoms with Gasteiger partial charge < -0.3 is 33.6 Å². The van der Waals surface area contributed by atoms with Crippen LogP contribution in [-0.4, -0.2) is 41.3 Å². The molecule has 1 aromatic heterocycles. The van der Waals surface area contributed by atoms with E-state index in [-0.39, 0.29) is 73.1 Å². The van der Waals surface area contributed by atoms with E-state index in [4.69, 9.17) is 28.5 Å². The predicted molar refractivity (Wildman–Crippen MR) is 127 cm³/mol. The molecule has 0 fully saturated rings. The molecule has 0 aliphatic heterocycles. The summed E-state index contributed by atoms with van der Waals surface area (Å²) in [6, 6.07) is 8.44. The van der Waals surface area contributed by atoms with Crippen LogP contribution in [0.3, 0.4) is 0 Å². The van der Waals surface area contributed by atoms with Gasteiger partial charge in [0.05, 0.1) is 17.8 Å². The van der Waals surface area contributed by atoms with Gasteiger partial charge in [-0.15, -0.1) is 0 Å². The first-order valence-electron chi connectivity index (χ1n) is 10.8. The van der Waals surface area contributed by atoms with Gasteiger partial charge in [-0.3, -0.25) is 4.79 Å². The van der Waals surface area contributed by atoms with E-state index in [1.54, 1.807) is 46.8 Å². The Kier molecular flexibility index (Phi) is 12.6. The molecule has 1 heterocycles. The summed E-state index contributed by atoms with van der Waals surface area (Å²) in [6.45, 7) is 8.51. The third kappa shape index (κ3) is 8.93. The van der Waals surface area contributed by atoms with E-state index < -0.39 is 29.9 Å². The summed E-state index contributed by atoms with van der Waals surface area (Å²) in [7, 11) is 0. The maximum absolute atomic E-state index is 13.2. The largest absolute Gasteiger partial charge is 0.514 e. The van der Waals surface area contributed by atoms with Gasteiger partial charge in [0.15, 0.2) is 5.75 Å². The molecule has 0 bridgehead atoms. The number of aliphatic hydroxyl groups excluding tert-OH is 1. The average Bonchev–Trinajstić information content (AvgIpc) is 2.74. The molecule has 11 heteroatoms. The zero-order chi connectivity index (χ0) is 26.1. The van der Waals surface area contributed by atoms with Crippen molar-refractivity contribution in [3.63, 3.8) is 0 Å². The number of ether oxygens (including phenoxy) is 4. The summed E-state index contributed by atoms with van der Waals surface area (Å²) in [6.07, 6.45) is -1.66. The molecule has 0 aliphatic rings. The van der Waals surface area contributed by atoms with Crippen LogP contribution in [0.2, 0.25) is 0 Å². The summed E-state index contributed by atoms with van der Waals surface area (Å²) in [5, 5.41) is 17.0. The predicted octanol–water partition coefficient (Wildman–Crippen LogP) is 5.01. The Hall–Kier alpha value is -2.95. The third-order valence-corrected chi connectivity index (χ3v) is 4.05. The number of hydrogen-bond acceptors (Lipinski definition) is 10. The van der Waals surface area contributed by atoms with Gasteiger partial charge in [-0.05, 0) is 52.3 Å². The second-order valence-electron chi connectivity index (χ2n) is 7.67. The fourth-order valence-corrected chi connectivity index (χ4v) is 2.79. The van der Waals surface area contributed by atoms with Crippen LogP contribution in [0.15, 0.2) is 51.9 Å². The van der Waals surface area contributed by atoms with Gasteiger partial charge in [0, 0.05) is 51.4 Å². The van der Waals surface area contributed by atoms with Crippen LogP contribution in [0.1, 0.15) is 34.6 Å². The van der Waals surface area contributed by atoms with Gasteiger partial charge in [-0.2, -0.15) is 0 Å². The zero-order valence-electron chi connectivity index (χ0n) is 20.6. The van der Waals surface area contributed by atoms with Crippen molar-refractivity contribution in [3.05, 3.63) is 52.9 Å². The first-order valence-corrected chi connectivity index (χ1v) is 10.8. The molecular formula is C25H28O10Y. The summed E-state index contributed by atoms with van der Waals surface area (Å²) < 4.78 is 25.9. The second kappa shape index (κ2) is 14.6. The molecule has 2 aromatic carbocycles. The van der Waals surface area contributed by atoms with Crippen molar-refractivity contribution >= 4 is 23.3 Å².